The quantitative estimate of drug-likeness (QED) is 0.815. The van der Waals surface area contributed by atoms with E-state index in [0.29, 0.717) is 19.1 Å². The zero-order valence-electron chi connectivity index (χ0n) is 14.7. The summed E-state index contributed by atoms with van der Waals surface area (Å²) in [5.74, 6) is 1.83. The second-order valence-corrected chi connectivity index (χ2v) is 6.77. The maximum atomic E-state index is 12.5. The standard InChI is InChI=1S/C18H26N4O2/c1-14-9-19-22(10-14)11-16-5-4-8-21(16)13-18(23)20(3)12-17-7-6-15(2)24-17/h6-7,9-10,16H,4-5,8,11-13H2,1-3H3/t16-/m1/s1. The molecule has 3 rings (SSSR count). The molecule has 1 amide bonds. The SMILES string of the molecule is Cc1cnn(C[C@H]2CCCN2CC(=O)N(C)Cc2ccc(C)o2)c1. The van der Waals surface area contributed by atoms with Crippen LogP contribution in [0.15, 0.2) is 28.9 Å². The zero-order chi connectivity index (χ0) is 17.1. The Morgan fingerprint density at radius 1 is 1.42 bits per heavy atom. The molecule has 0 N–H and O–H groups in total. The van der Waals surface area contributed by atoms with Crippen LogP contribution in [0.1, 0.15) is 29.9 Å². The molecule has 1 aliphatic heterocycles. The van der Waals surface area contributed by atoms with Gasteiger partial charge in [-0.3, -0.25) is 14.4 Å². The van der Waals surface area contributed by atoms with E-state index in [0.717, 1.165) is 37.5 Å². The second kappa shape index (κ2) is 7.21. The van der Waals surface area contributed by atoms with E-state index in [4.69, 9.17) is 4.42 Å². The number of aryl methyl sites for hydroxylation is 2. The summed E-state index contributed by atoms with van der Waals surface area (Å²) in [7, 11) is 1.84. The lowest BCUT2D eigenvalue weighted by Gasteiger charge is -2.26. The molecule has 1 aliphatic rings. The molecule has 130 valence electrons. The van der Waals surface area contributed by atoms with Crippen molar-refractivity contribution in [3.8, 4) is 0 Å². The van der Waals surface area contributed by atoms with E-state index in [-0.39, 0.29) is 5.91 Å². The minimum Gasteiger partial charge on any atom is -0.464 e. The Bertz CT molecular complexity index is 691. The summed E-state index contributed by atoms with van der Waals surface area (Å²) >= 11 is 0. The van der Waals surface area contributed by atoms with Crippen LogP contribution in [-0.2, 0) is 17.9 Å². The van der Waals surface area contributed by atoms with Crippen LogP contribution in [-0.4, -0.2) is 51.7 Å². The van der Waals surface area contributed by atoms with E-state index in [2.05, 4.69) is 16.2 Å². The molecule has 0 radical (unpaired) electrons. The van der Waals surface area contributed by atoms with E-state index >= 15 is 0 Å². The number of nitrogens with zero attached hydrogens (tertiary/aromatic N) is 4. The molecule has 24 heavy (non-hydrogen) atoms. The van der Waals surface area contributed by atoms with Gasteiger partial charge in [0.1, 0.15) is 11.5 Å². The lowest BCUT2D eigenvalue weighted by Crippen LogP contribution is -2.41. The van der Waals surface area contributed by atoms with Crippen LogP contribution < -0.4 is 0 Å². The molecule has 1 fully saturated rings. The summed E-state index contributed by atoms with van der Waals surface area (Å²) in [6, 6.07) is 4.24. The average Bonchev–Trinajstić information content (AvgIpc) is 3.24. The minimum atomic E-state index is 0.132. The van der Waals surface area contributed by atoms with Crippen LogP contribution in [0, 0.1) is 13.8 Å². The van der Waals surface area contributed by atoms with Gasteiger partial charge in [0.25, 0.3) is 0 Å². The molecule has 0 spiro atoms. The molecule has 0 unspecified atom stereocenters. The number of amides is 1. The fraction of sp³-hybridized carbons (Fsp3) is 0.556. The molecule has 3 heterocycles. The number of likely N-dealkylation sites (N-methyl/N-ethyl adjacent to an activating group) is 1. The maximum Gasteiger partial charge on any atom is 0.236 e. The molecule has 6 nitrogen and oxygen atoms in total. The van der Waals surface area contributed by atoms with E-state index < -0.39 is 0 Å². The number of furan rings is 1. The van der Waals surface area contributed by atoms with Crippen molar-refractivity contribution in [2.45, 2.75) is 45.8 Å². The number of hydrogen-bond acceptors (Lipinski definition) is 4. The number of carbonyl (C=O) groups is 1. The fourth-order valence-electron chi connectivity index (χ4n) is 3.28. The van der Waals surface area contributed by atoms with Gasteiger partial charge in [-0.05, 0) is 50.9 Å². The predicted octanol–water partition coefficient (Wildman–Crippen LogP) is 2.22. The summed E-state index contributed by atoms with van der Waals surface area (Å²) in [6.07, 6.45) is 6.19. The summed E-state index contributed by atoms with van der Waals surface area (Å²) in [5.41, 5.74) is 1.17. The zero-order valence-corrected chi connectivity index (χ0v) is 14.7. The molecule has 0 aliphatic carbocycles. The molecular formula is C18H26N4O2. The van der Waals surface area contributed by atoms with Gasteiger partial charge in [-0.15, -0.1) is 0 Å². The summed E-state index contributed by atoms with van der Waals surface area (Å²) in [5, 5.41) is 4.37. The van der Waals surface area contributed by atoms with Gasteiger partial charge < -0.3 is 9.32 Å². The van der Waals surface area contributed by atoms with Crippen molar-refractivity contribution >= 4 is 5.91 Å². The fourth-order valence-corrected chi connectivity index (χ4v) is 3.28. The molecule has 0 aromatic carbocycles. The topological polar surface area (TPSA) is 54.5 Å². The first-order chi connectivity index (χ1) is 11.5. The molecule has 0 bridgehead atoms. The Kier molecular flexibility index (Phi) is 5.04. The number of hydrogen-bond donors (Lipinski definition) is 0. The van der Waals surface area contributed by atoms with Crippen LogP contribution >= 0.6 is 0 Å². The summed E-state index contributed by atoms with van der Waals surface area (Å²) < 4.78 is 7.54. The van der Waals surface area contributed by atoms with Crippen molar-refractivity contribution in [2.24, 2.45) is 0 Å². The molecular weight excluding hydrogens is 304 g/mol. The Labute approximate surface area is 143 Å². The Balaban J connectivity index is 1.54. The van der Waals surface area contributed by atoms with Crippen LogP contribution in [0.25, 0.3) is 0 Å². The van der Waals surface area contributed by atoms with Gasteiger partial charge in [0.05, 0.1) is 25.8 Å². The number of likely N-dealkylation sites (tertiary alicyclic amines) is 1. The highest BCUT2D eigenvalue weighted by molar-refractivity contribution is 5.78. The van der Waals surface area contributed by atoms with Crippen LogP contribution in [0.3, 0.4) is 0 Å². The highest BCUT2D eigenvalue weighted by Crippen LogP contribution is 2.19. The molecule has 2 aromatic rings. The number of rotatable bonds is 6. The third kappa shape index (κ3) is 4.06. The highest BCUT2D eigenvalue weighted by atomic mass is 16.3. The lowest BCUT2D eigenvalue weighted by molar-refractivity contribution is -0.132. The molecule has 2 aromatic heterocycles. The number of aromatic nitrogens is 2. The molecule has 1 atom stereocenters. The second-order valence-electron chi connectivity index (χ2n) is 6.77. The van der Waals surface area contributed by atoms with E-state index in [1.165, 1.54) is 5.56 Å². The van der Waals surface area contributed by atoms with Crippen molar-refractivity contribution in [2.75, 3.05) is 20.1 Å². The Morgan fingerprint density at radius 2 is 2.25 bits per heavy atom. The van der Waals surface area contributed by atoms with Crippen LogP contribution in [0.4, 0.5) is 0 Å². The third-order valence-corrected chi connectivity index (χ3v) is 4.61. The van der Waals surface area contributed by atoms with Gasteiger partial charge in [0, 0.05) is 19.3 Å². The normalized spacial score (nSPS) is 18.2. The first kappa shape index (κ1) is 16.8. The molecule has 6 heteroatoms. The molecule has 0 saturated carbocycles. The van der Waals surface area contributed by atoms with Crippen molar-refractivity contribution in [1.82, 2.24) is 19.6 Å². The first-order valence-corrected chi connectivity index (χ1v) is 8.53. The van der Waals surface area contributed by atoms with Crippen molar-refractivity contribution in [3.63, 3.8) is 0 Å². The van der Waals surface area contributed by atoms with Gasteiger partial charge in [-0.1, -0.05) is 0 Å². The maximum absolute atomic E-state index is 12.5. The Hall–Kier alpha value is -2.08. The minimum absolute atomic E-state index is 0.132. The lowest BCUT2D eigenvalue weighted by atomic mass is 10.2. The van der Waals surface area contributed by atoms with Crippen molar-refractivity contribution in [1.29, 1.82) is 0 Å². The largest absolute Gasteiger partial charge is 0.464 e. The van der Waals surface area contributed by atoms with E-state index in [9.17, 15) is 4.79 Å². The van der Waals surface area contributed by atoms with Gasteiger partial charge in [0.2, 0.25) is 5.91 Å². The summed E-state index contributed by atoms with van der Waals surface area (Å²) in [6.45, 7) is 6.76. The first-order valence-electron chi connectivity index (χ1n) is 8.53. The van der Waals surface area contributed by atoms with Gasteiger partial charge in [-0.2, -0.15) is 5.10 Å². The summed E-state index contributed by atoms with van der Waals surface area (Å²) in [4.78, 5) is 16.6. The predicted molar refractivity (Wildman–Crippen MR) is 91.5 cm³/mol. The average molecular weight is 330 g/mol. The van der Waals surface area contributed by atoms with Crippen molar-refractivity contribution in [3.05, 3.63) is 41.6 Å². The third-order valence-electron chi connectivity index (χ3n) is 4.61. The van der Waals surface area contributed by atoms with Gasteiger partial charge in [-0.25, -0.2) is 0 Å². The monoisotopic (exact) mass is 330 g/mol. The van der Waals surface area contributed by atoms with Crippen molar-refractivity contribution < 1.29 is 9.21 Å². The smallest absolute Gasteiger partial charge is 0.236 e. The Morgan fingerprint density at radius 3 is 2.92 bits per heavy atom. The number of carbonyl (C=O) groups excluding carboxylic acids is 1. The highest BCUT2D eigenvalue weighted by Gasteiger charge is 2.27. The van der Waals surface area contributed by atoms with E-state index in [1.807, 2.05) is 43.9 Å². The van der Waals surface area contributed by atoms with Crippen LogP contribution in [0.5, 0.6) is 0 Å². The van der Waals surface area contributed by atoms with Gasteiger partial charge >= 0.3 is 0 Å². The van der Waals surface area contributed by atoms with Gasteiger partial charge in [0.15, 0.2) is 0 Å². The van der Waals surface area contributed by atoms with Crippen LogP contribution in [0.2, 0.25) is 0 Å². The van der Waals surface area contributed by atoms with E-state index in [1.54, 1.807) is 4.90 Å². The molecule has 1 saturated heterocycles.